The van der Waals surface area contributed by atoms with E-state index in [9.17, 15) is 14.4 Å². The Morgan fingerprint density at radius 3 is 2.68 bits per heavy atom. The van der Waals surface area contributed by atoms with Crippen LogP contribution in [0.25, 0.3) is 0 Å². The minimum absolute atomic E-state index is 0.176. The van der Waals surface area contributed by atoms with Crippen LogP contribution in [-0.2, 0) is 23.9 Å². The number of carboxylic acid groups (broad SMARTS) is 1. The Labute approximate surface area is 111 Å². The van der Waals surface area contributed by atoms with Gasteiger partial charge >= 0.3 is 17.9 Å². The molecule has 0 bridgehead atoms. The predicted octanol–water partition coefficient (Wildman–Crippen LogP) is 1.29. The van der Waals surface area contributed by atoms with Crippen molar-refractivity contribution in [2.75, 3.05) is 0 Å². The molecule has 0 saturated carbocycles. The largest absolute Gasteiger partial charge is 0.479 e. The third-order valence-electron chi connectivity index (χ3n) is 2.94. The summed E-state index contributed by atoms with van der Waals surface area (Å²) in [5.41, 5.74) is 0.318. The first-order chi connectivity index (χ1) is 8.81. The van der Waals surface area contributed by atoms with Crippen molar-refractivity contribution in [2.45, 2.75) is 45.3 Å². The number of ether oxygens (including phenoxy) is 2. The molecule has 106 valence electrons. The number of esters is 2. The van der Waals surface area contributed by atoms with Gasteiger partial charge in [0.05, 0.1) is 12.0 Å². The van der Waals surface area contributed by atoms with Crippen LogP contribution in [0.2, 0.25) is 0 Å². The van der Waals surface area contributed by atoms with Crippen LogP contribution in [0.15, 0.2) is 12.2 Å². The SMILES string of the molecule is C=C(C)C(=O)OC(C)CCC1CC(C(=O)O)OC1=O. The van der Waals surface area contributed by atoms with Crippen LogP contribution >= 0.6 is 0 Å². The monoisotopic (exact) mass is 270 g/mol. The zero-order chi connectivity index (χ0) is 14.6. The fraction of sp³-hybridized carbons (Fsp3) is 0.615. The summed E-state index contributed by atoms with van der Waals surface area (Å²) in [6, 6.07) is 0. The molecule has 0 amide bonds. The second-order valence-corrected chi connectivity index (χ2v) is 4.77. The van der Waals surface area contributed by atoms with Gasteiger partial charge in [-0.2, -0.15) is 0 Å². The van der Waals surface area contributed by atoms with Gasteiger partial charge in [0.15, 0.2) is 6.10 Å². The normalized spacial score (nSPS) is 23.6. The highest BCUT2D eigenvalue weighted by Crippen LogP contribution is 2.26. The molecule has 0 spiro atoms. The fourth-order valence-electron chi connectivity index (χ4n) is 1.80. The zero-order valence-corrected chi connectivity index (χ0v) is 11.0. The van der Waals surface area contributed by atoms with Gasteiger partial charge in [-0.3, -0.25) is 4.79 Å². The first-order valence-electron chi connectivity index (χ1n) is 6.11. The molecule has 6 heteroatoms. The maximum atomic E-state index is 11.4. The quantitative estimate of drug-likeness (QED) is 0.577. The van der Waals surface area contributed by atoms with Crippen molar-refractivity contribution in [3.8, 4) is 0 Å². The molecule has 1 aliphatic heterocycles. The van der Waals surface area contributed by atoms with E-state index < -0.39 is 29.9 Å². The van der Waals surface area contributed by atoms with E-state index >= 15 is 0 Å². The van der Waals surface area contributed by atoms with E-state index in [2.05, 4.69) is 6.58 Å². The number of carbonyl (C=O) groups excluding carboxylic acids is 2. The Hall–Kier alpha value is -1.85. The summed E-state index contributed by atoms with van der Waals surface area (Å²) in [4.78, 5) is 33.4. The van der Waals surface area contributed by atoms with Crippen molar-refractivity contribution in [2.24, 2.45) is 5.92 Å². The van der Waals surface area contributed by atoms with Gasteiger partial charge in [0.25, 0.3) is 0 Å². The molecule has 0 aliphatic carbocycles. The van der Waals surface area contributed by atoms with Crippen molar-refractivity contribution in [3.63, 3.8) is 0 Å². The van der Waals surface area contributed by atoms with E-state index in [0.717, 1.165) is 0 Å². The Balaban J connectivity index is 2.37. The number of rotatable bonds is 6. The molecule has 1 rings (SSSR count). The van der Waals surface area contributed by atoms with E-state index in [1.807, 2.05) is 0 Å². The summed E-state index contributed by atoms with van der Waals surface area (Å²) in [6.07, 6.45) is -0.306. The summed E-state index contributed by atoms with van der Waals surface area (Å²) in [6.45, 7) is 6.75. The van der Waals surface area contributed by atoms with E-state index in [1.54, 1.807) is 13.8 Å². The molecule has 0 radical (unpaired) electrons. The zero-order valence-electron chi connectivity index (χ0n) is 11.0. The van der Waals surface area contributed by atoms with Gasteiger partial charge in [0.1, 0.15) is 0 Å². The Kier molecular flexibility index (Phi) is 5.09. The van der Waals surface area contributed by atoms with E-state index in [0.29, 0.717) is 18.4 Å². The van der Waals surface area contributed by atoms with Crippen molar-refractivity contribution in [3.05, 3.63) is 12.2 Å². The molecule has 1 saturated heterocycles. The summed E-state index contributed by atoms with van der Waals surface area (Å²) in [7, 11) is 0. The smallest absolute Gasteiger partial charge is 0.345 e. The number of hydrogen-bond acceptors (Lipinski definition) is 5. The summed E-state index contributed by atoms with van der Waals surface area (Å²) in [5, 5.41) is 8.75. The average molecular weight is 270 g/mol. The predicted molar refractivity (Wildman–Crippen MR) is 65.2 cm³/mol. The number of carbonyl (C=O) groups is 3. The lowest BCUT2D eigenvalue weighted by Gasteiger charge is -2.14. The maximum absolute atomic E-state index is 11.4. The molecule has 0 aromatic rings. The van der Waals surface area contributed by atoms with Gasteiger partial charge in [-0.05, 0) is 26.7 Å². The highest BCUT2D eigenvalue weighted by Gasteiger charge is 2.38. The Bertz CT molecular complexity index is 400. The second kappa shape index (κ2) is 6.36. The van der Waals surface area contributed by atoms with Crippen LogP contribution in [0.4, 0.5) is 0 Å². The van der Waals surface area contributed by atoms with Gasteiger partial charge in [0.2, 0.25) is 0 Å². The van der Waals surface area contributed by atoms with E-state index in [-0.39, 0.29) is 12.5 Å². The van der Waals surface area contributed by atoms with Crippen LogP contribution < -0.4 is 0 Å². The first kappa shape index (κ1) is 15.2. The average Bonchev–Trinajstić information content (AvgIpc) is 2.68. The van der Waals surface area contributed by atoms with Gasteiger partial charge in [-0.1, -0.05) is 6.58 Å². The minimum Gasteiger partial charge on any atom is -0.479 e. The van der Waals surface area contributed by atoms with Crippen LogP contribution in [-0.4, -0.2) is 35.2 Å². The number of hydrogen-bond donors (Lipinski definition) is 1. The van der Waals surface area contributed by atoms with Crippen molar-refractivity contribution in [1.29, 1.82) is 0 Å². The standard InChI is InChI=1S/C13H18O6/c1-7(2)12(16)18-8(3)4-5-9-6-10(11(14)15)19-13(9)17/h8-10H,1,4-6H2,2-3H3,(H,14,15). The molecule has 6 nitrogen and oxygen atoms in total. The van der Waals surface area contributed by atoms with Gasteiger partial charge in [0, 0.05) is 12.0 Å². The lowest BCUT2D eigenvalue weighted by molar-refractivity contribution is -0.157. The molecular weight excluding hydrogens is 252 g/mol. The fourth-order valence-corrected chi connectivity index (χ4v) is 1.80. The van der Waals surface area contributed by atoms with Crippen molar-refractivity contribution >= 4 is 17.9 Å². The van der Waals surface area contributed by atoms with Gasteiger partial charge in [-0.15, -0.1) is 0 Å². The maximum Gasteiger partial charge on any atom is 0.345 e. The second-order valence-electron chi connectivity index (χ2n) is 4.77. The van der Waals surface area contributed by atoms with Crippen LogP contribution in [0, 0.1) is 5.92 Å². The lowest BCUT2D eigenvalue weighted by atomic mass is 9.98. The third-order valence-corrected chi connectivity index (χ3v) is 2.94. The lowest BCUT2D eigenvalue weighted by Crippen LogP contribution is -2.18. The third kappa shape index (κ3) is 4.39. The highest BCUT2D eigenvalue weighted by atomic mass is 16.6. The van der Waals surface area contributed by atoms with Crippen LogP contribution in [0.5, 0.6) is 0 Å². The molecule has 1 N–H and O–H groups in total. The number of aliphatic carboxylic acids is 1. The molecule has 3 unspecified atom stereocenters. The van der Waals surface area contributed by atoms with Gasteiger partial charge in [-0.25, -0.2) is 9.59 Å². The topological polar surface area (TPSA) is 89.9 Å². The molecule has 1 aliphatic rings. The summed E-state index contributed by atoms with van der Waals surface area (Å²) in [5.74, 6) is -2.53. The van der Waals surface area contributed by atoms with Gasteiger partial charge < -0.3 is 14.6 Å². The molecule has 1 heterocycles. The molecule has 0 aromatic carbocycles. The molecular formula is C13H18O6. The number of carboxylic acids is 1. The molecule has 19 heavy (non-hydrogen) atoms. The van der Waals surface area contributed by atoms with Crippen molar-refractivity contribution < 1.29 is 29.0 Å². The Morgan fingerprint density at radius 1 is 1.58 bits per heavy atom. The summed E-state index contributed by atoms with van der Waals surface area (Å²) < 4.78 is 9.80. The molecule has 0 aromatic heterocycles. The van der Waals surface area contributed by atoms with E-state index in [4.69, 9.17) is 14.6 Å². The molecule has 3 atom stereocenters. The minimum atomic E-state index is -1.13. The van der Waals surface area contributed by atoms with Crippen LogP contribution in [0.1, 0.15) is 33.1 Å². The number of cyclic esters (lactones) is 1. The first-order valence-corrected chi connectivity index (χ1v) is 6.11. The van der Waals surface area contributed by atoms with Crippen molar-refractivity contribution in [1.82, 2.24) is 0 Å². The summed E-state index contributed by atoms with van der Waals surface area (Å²) >= 11 is 0. The molecule has 1 fully saturated rings. The Morgan fingerprint density at radius 2 is 2.21 bits per heavy atom. The highest BCUT2D eigenvalue weighted by molar-refractivity contribution is 5.87. The van der Waals surface area contributed by atoms with Crippen LogP contribution in [0.3, 0.4) is 0 Å². The van der Waals surface area contributed by atoms with E-state index in [1.165, 1.54) is 0 Å².